The molecule has 0 spiro atoms. The van der Waals surface area contributed by atoms with Gasteiger partial charge in [0.05, 0.1) is 4.92 Å². The van der Waals surface area contributed by atoms with E-state index in [0.29, 0.717) is 29.6 Å². The third kappa shape index (κ3) is 5.33. The fraction of sp³-hybridized carbons (Fsp3) is 0.310. The van der Waals surface area contributed by atoms with Crippen LogP contribution in [0.2, 0.25) is 0 Å². The fourth-order valence-corrected chi connectivity index (χ4v) is 4.71. The molecule has 1 fully saturated rings. The lowest BCUT2D eigenvalue weighted by Crippen LogP contribution is -2.33. The van der Waals surface area contributed by atoms with E-state index in [1.807, 2.05) is 48.2 Å². The molecule has 1 amide bonds. The lowest BCUT2D eigenvalue weighted by atomic mass is 9.98. The number of aromatic nitrogens is 1. The van der Waals surface area contributed by atoms with Gasteiger partial charge >= 0.3 is 0 Å². The van der Waals surface area contributed by atoms with E-state index in [0.717, 1.165) is 48.2 Å². The molecule has 0 bridgehead atoms. The number of fused-ring (bicyclic) bond motifs is 1. The van der Waals surface area contributed by atoms with Crippen LogP contribution in [0.3, 0.4) is 0 Å². The van der Waals surface area contributed by atoms with Gasteiger partial charge in [0.15, 0.2) is 11.5 Å². The van der Waals surface area contributed by atoms with Gasteiger partial charge in [-0.1, -0.05) is 19.1 Å². The maximum Gasteiger partial charge on any atom is 0.293 e. The second-order valence-electron chi connectivity index (χ2n) is 9.97. The van der Waals surface area contributed by atoms with Gasteiger partial charge in [0.25, 0.3) is 11.6 Å². The number of amides is 1. The summed E-state index contributed by atoms with van der Waals surface area (Å²) in [4.78, 5) is 30.9. The van der Waals surface area contributed by atoms with Crippen molar-refractivity contribution in [3.05, 3.63) is 92.9 Å². The number of anilines is 2. The Morgan fingerprint density at radius 2 is 1.78 bits per heavy atom. The van der Waals surface area contributed by atoms with E-state index < -0.39 is 4.92 Å². The molecule has 37 heavy (non-hydrogen) atoms. The fourth-order valence-electron chi connectivity index (χ4n) is 4.71. The van der Waals surface area contributed by atoms with E-state index >= 15 is 0 Å². The molecule has 2 heterocycles. The van der Waals surface area contributed by atoms with Crippen molar-refractivity contribution in [3.8, 4) is 0 Å². The molecule has 1 aliphatic rings. The maximum absolute atomic E-state index is 12.9. The summed E-state index contributed by atoms with van der Waals surface area (Å²) in [6.07, 6.45) is 2.53. The molecular formula is C29H30N4O4. The quantitative estimate of drug-likeness (QED) is 0.243. The maximum atomic E-state index is 12.9. The number of aryl methyl sites for hydroxylation is 2. The van der Waals surface area contributed by atoms with E-state index in [2.05, 4.69) is 24.1 Å². The summed E-state index contributed by atoms with van der Waals surface area (Å²) >= 11 is 0. The van der Waals surface area contributed by atoms with Gasteiger partial charge in [0.1, 0.15) is 11.2 Å². The lowest BCUT2D eigenvalue weighted by molar-refractivity contribution is -0.384. The van der Waals surface area contributed by atoms with Gasteiger partial charge in [-0.3, -0.25) is 14.9 Å². The highest BCUT2D eigenvalue weighted by Crippen LogP contribution is 2.32. The first-order chi connectivity index (χ1) is 17.8. The highest BCUT2D eigenvalue weighted by atomic mass is 16.6. The predicted molar refractivity (Wildman–Crippen MR) is 144 cm³/mol. The highest BCUT2D eigenvalue weighted by Gasteiger charge is 2.25. The molecule has 190 valence electrons. The van der Waals surface area contributed by atoms with Crippen LogP contribution in [0.25, 0.3) is 11.1 Å². The number of benzene rings is 3. The number of nitro groups is 1. The topological polar surface area (TPSA) is 102 Å². The average Bonchev–Trinajstić information content (AvgIpc) is 3.26. The molecule has 0 atom stereocenters. The molecule has 1 saturated heterocycles. The lowest BCUT2D eigenvalue weighted by Gasteiger charge is -2.31. The van der Waals surface area contributed by atoms with Gasteiger partial charge < -0.3 is 14.6 Å². The Hall–Kier alpha value is -4.20. The van der Waals surface area contributed by atoms with Gasteiger partial charge in [-0.25, -0.2) is 4.98 Å². The Kier molecular flexibility index (Phi) is 6.65. The number of carbonyl (C=O) groups excluding carboxylic acids is 1. The SMILES string of the molecule is Cc1cc2nc(Cc3ccc(NC(=O)c4ccc(N5CCC(C)CC5)c([N+](=O)[O-])c4)cc3)oc2cc1C. The molecule has 8 nitrogen and oxygen atoms in total. The molecule has 4 aromatic rings. The van der Waals surface area contributed by atoms with Crippen LogP contribution >= 0.6 is 0 Å². The summed E-state index contributed by atoms with van der Waals surface area (Å²) in [5, 5.41) is 14.6. The third-order valence-corrected chi connectivity index (χ3v) is 7.17. The van der Waals surface area contributed by atoms with Crippen LogP contribution in [0.15, 0.2) is 59.0 Å². The highest BCUT2D eigenvalue weighted by molar-refractivity contribution is 6.05. The minimum Gasteiger partial charge on any atom is -0.440 e. The Balaban J connectivity index is 1.27. The molecule has 8 heteroatoms. The molecule has 0 aliphatic carbocycles. The van der Waals surface area contributed by atoms with Crippen molar-refractivity contribution >= 4 is 34.1 Å². The smallest absolute Gasteiger partial charge is 0.293 e. The summed E-state index contributed by atoms with van der Waals surface area (Å²) < 4.78 is 5.91. The minimum atomic E-state index is -0.409. The van der Waals surface area contributed by atoms with Gasteiger partial charge in [-0.2, -0.15) is 0 Å². The van der Waals surface area contributed by atoms with E-state index in [1.54, 1.807) is 12.1 Å². The van der Waals surface area contributed by atoms with Gasteiger partial charge in [0, 0.05) is 36.8 Å². The molecule has 0 radical (unpaired) electrons. The van der Waals surface area contributed by atoms with Gasteiger partial charge in [-0.15, -0.1) is 0 Å². The van der Waals surface area contributed by atoms with Crippen molar-refractivity contribution in [2.75, 3.05) is 23.3 Å². The summed E-state index contributed by atoms with van der Waals surface area (Å²) in [6, 6.07) is 16.2. The molecule has 0 unspecified atom stereocenters. The Labute approximate surface area is 215 Å². The second-order valence-corrected chi connectivity index (χ2v) is 9.97. The Bertz CT molecular complexity index is 1430. The zero-order valence-corrected chi connectivity index (χ0v) is 21.3. The number of nitrogens with one attached hydrogen (secondary N) is 1. The number of carbonyl (C=O) groups is 1. The monoisotopic (exact) mass is 498 g/mol. The average molecular weight is 499 g/mol. The predicted octanol–water partition coefficient (Wildman–Crippen LogP) is 6.43. The van der Waals surface area contributed by atoms with Crippen molar-refractivity contribution < 1.29 is 14.1 Å². The van der Waals surface area contributed by atoms with E-state index in [9.17, 15) is 14.9 Å². The Morgan fingerprint density at radius 3 is 2.49 bits per heavy atom. The normalized spacial score (nSPS) is 14.2. The molecular weight excluding hydrogens is 468 g/mol. The number of hydrogen-bond acceptors (Lipinski definition) is 6. The van der Waals surface area contributed by atoms with Crippen LogP contribution in [0.5, 0.6) is 0 Å². The number of hydrogen-bond donors (Lipinski definition) is 1. The number of rotatable bonds is 6. The zero-order chi connectivity index (χ0) is 26.1. The molecule has 5 rings (SSSR count). The van der Waals surface area contributed by atoms with Crippen LogP contribution in [0.1, 0.15) is 52.7 Å². The largest absolute Gasteiger partial charge is 0.440 e. The first-order valence-electron chi connectivity index (χ1n) is 12.6. The Morgan fingerprint density at radius 1 is 1.08 bits per heavy atom. The van der Waals surface area contributed by atoms with Crippen molar-refractivity contribution in [2.45, 2.75) is 40.0 Å². The summed E-state index contributed by atoms with van der Waals surface area (Å²) in [5.41, 5.74) is 6.34. The molecule has 1 aliphatic heterocycles. The minimum absolute atomic E-state index is 0.0405. The van der Waals surface area contributed by atoms with Crippen LogP contribution in [-0.2, 0) is 6.42 Å². The summed E-state index contributed by atoms with van der Waals surface area (Å²) in [5.74, 6) is 0.863. The second kappa shape index (κ2) is 10.0. The summed E-state index contributed by atoms with van der Waals surface area (Å²) in [7, 11) is 0. The zero-order valence-electron chi connectivity index (χ0n) is 21.3. The van der Waals surface area contributed by atoms with Gasteiger partial charge in [-0.05, 0) is 85.7 Å². The van der Waals surface area contributed by atoms with Gasteiger partial charge in [0.2, 0.25) is 0 Å². The first-order valence-corrected chi connectivity index (χ1v) is 12.6. The van der Waals surface area contributed by atoms with Crippen LogP contribution in [0.4, 0.5) is 17.1 Å². The number of piperidine rings is 1. The third-order valence-electron chi connectivity index (χ3n) is 7.17. The van der Waals surface area contributed by atoms with Crippen LogP contribution < -0.4 is 10.2 Å². The molecule has 1 aromatic heterocycles. The molecule has 0 saturated carbocycles. The van der Waals surface area contributed by atoms with Crippen molar-refractivity contribution in [1.29, 1.82) is 0 Å². The number of nitrogens with zero attached hydrogens (tertiary/aromatic N) is 3. The van der Waals surface area contributed by atoms with Crippen molar-refractivity contribution in [1.82, 2.24) is 4.98 Å². The van der Waals surface area contributed by atoms with Crippen molar-refractivity contribution in [3.63, 3.8) is 0 Å². The van der Waals surface area contributed by atoms with Crippen molar-refractivity contribution in [2.24, 2.45) is 5.92 Å². The number of nitro benzene ring substituents is 1. The standard InChI is InChI=1S/C29H30N4O4/c1-18-10-12-32(13-11-18)25-9-6-22(17-26(25)33(35)36)29(34)30-23-7-4-21(5-8-23)16-28-31-24-14-19(2)20(3)15-27(24)37-28/h4-9,14-15,17-18H,10-13,16H2,1-3H3,(H,30,34). The van der Waals surface area contributed by atoms with Crippen LogP contribution in [0, 0.1) is 29.9 Å². The molecule has 1 N–H and O–H groups in total. The van der Waals surface area contributed by atoms with E-state index in [1.165, 1.54) is 11.6 Å². The van der Waals surface area contributed by atoms with E-state index in [-0.39, 0.29) is 17.2 Å². The number of oxazole rings is 1. The first kappa shape index (κ1) is 24.5. The van der Waals surface area contributed by atoms with Crippen LogP contribution in [-0.4, -0.2) is 28.9 Å². The van der Waals surface area contributed by atoms with E-state index in [4.69, 9.17) is 4.42 Å². The molecule has 3 aromatic carbocycles. The summed E-state index contributed by atoms with van der Waals surface area (Å²) in [6.45, 7) is 7.86.